The highest BCUT2D eigenvalue weighted by molar-refractivity contribution is 5.88. The summed E-state index contributed by atoms with van der Waals surface area (Å²) >= 11 is 0. The first-order valence-electron chi connectivity index (χ1n) is 7.03. The van der Waals surface area contributed by atoms with Gasteiger partial charge < -0.3 is 4.90 Å². The van der Waals surface area contributed by atoms with Crippen molar-refractivity contribution in [3.8, 4) is 0 Å². The molecule has 1 aliphatic rings. The Bertz CT molecular complexity index is 265. The average Bonchev–Trinajstić information content (AvgIpc) is 2.50. The van der Waals surface area contributed by atoms with Crippen LogP contribution in [0.25, 0.3) is 0 Å². The highest BCUT2D eigenvalue weighted by Crippen LogP contribution is 2.26. The number of nitrogens with one attached hydrogen (secondary N) is 1. The van der Waals surface area contributed by atoms with Gasteiger partial charge in [0.05, 0.1) is 11.7 Å². The number of nitrogens with zero attached hydrogens (tertiary/aromatic N) is 1. The molecule has 0 aromatic heterocycles. The van der Waals surface area contributed by atoms with Gasteiger partial charge in [-0.25, -0.2) is 0 Å². The summed E-state index contributed by atoms with van der Waals surface area (Å²) < 4.78 is 0. The van der Waals surface area contributed by atoms with E-state index < -0.39 is 0 Å². The predicted octanol–water partition coefficient (Wildman–Crippen LogP) is 2.76. The van der Waals surface area contributed by atoms with Crippen LogP contribution in [0.1, 0.15) is 60.3 Å². The summed E-state index contributed by atoms with van der Waals surface area (Å²) in [5, 5.41) is 3.52. The second kappa shape index (κ2) is 5.85. The summed E-state index contributed by atoms with van der Waals surface area (Å²) in [5.41, 5.74) is -0.336. The van der Waals surface area contributed by atoms with Crippen LogP contribution in [0, 0.1) is 5.92 Å². The molecule has 1 heterocycles. The lowest BCUT2D eigenvalue weighted by atomic mass is 9.99. The van der Waals surface area contributed by atoms with Crippen LogP contribution in [0.3, 0.4) is 0 Å². The van der Waals surface area contributed by atoms with Gasteiger partial charge >= 0.3 is 0 Å². The van der Waals surface area contributed by atoms with E-state index in [0.717, 1.165) is 32.2 Å². The quantitative estimate of drug-likeness (QED) is 0.774. The van der Waals surface area contributed by atoms with E-state index in [0.29, 0.717) is 11.8 Å². The molecular weight excluding hydrogens is 212 g/mol. The van der Waals surface area contributed by atoms with Gasteiger partial charge in [0.1, 0.15) is 0 Å². The van der Waals surface area contributed by atoms with Crippen molar-refractivity contribution in [2.24, 2.45) is 5.92 Å². The minimum Gasteiger partial charge on any atom is -0.326 e. The predicted molar refractivity (Wildman–Crippen MR) is 71.7 cm³/mol. The molecule has 0 bridgehead atoms. The molecule has 3 nitrogen and oxygen atoms in total. The van der Waals surface area contributed by atoms with E-state index in [4.69, 9.17) is 0 Å². The third-order valence-electron chi connectivity index (χ3n) is 3.81. The molecule has 1 saturated heterocycles. The van der Waals surface area contributed by atoms with E-state index in [2.05, 4.69) is 37.9 Å². The normalized spacial score (nSPS) is 29.4. The Morgan fingerprint density at radius 3 is 2.53 bits per heavy atom. The molecule has 1 amide bonds. The molecule has 1 rings (SSSR count). The third kappa shape index (κ3) is 3.21. The van der Waals surface area contributed by atoms with Crippen LogP contribution in [0.2, 0.25) is 0 Å². The van der Waals surface area contributed by atoms with E-state index in [-0.39, 0.29) is 11.7 Å². The molecule has 100 valence electrons. The lowest BCUT2D eigenvalue weighted by Crippen LogP contribution is -2.43. The van der Waals surface area contributed by atoms with Gasteiger partial charge in [0.25, 0.3) is 0 Å². The molecule has 0 aliphatic carbocycles. The minimum atomic E-state index is -0.336. The number of amides is 1. The number of rotatable bonds is 6. The molecule has 2 unspecified atom stereocenters. The van der Waals surface area contributed by atoms with Crippen LogP contribution < -0.4 is 5.32 Å². The Kier molecular flexibility index (Phi) is 4.99. The maximum atomic E-state index is 12.4. The van der Waals surface area contributed by atoms with Gasteiger partial charge in [-0.05, 0) is 32.1 Å². The van der Waals surface area contributed by atoms with Crippen LogP contribution in [-0.2, 0) is 4.79 Å². The topological polar surface area (TPSA) is 32.3 Å². The number of hydrogen-bond donors (Lipinski definition) is 1. The molecule has 1 aliphatic heterocycles. The Labute approximate surface area is 106 Å². The summed E-state index contributed by atoms with van der Waals surface area (Å²) in [6.07, 6.45) is 4.37. The Morgan fingerprint density at radius 2 is 2.06 bits per heavy atom. The molecule has 1 fully saturated rings. The summed E-state index contributed by atoms with van der Waals surface area (Å²) in [7, 11) is 0. The van der Waals surface area contributed by atoms with Gasteiger partial charge in [0.15, 0.2) is 0 Å². The fraction of sp³-hybridized carbons (Fsp3) is 0.929. The molecule has 0 spiro atoms. The van der Waals surface area contributed by atoms with Gasteiger partial charge in [-0.3, -0.25) is 10.1 Å². The molecule has 0 saturated carbocycles. The summed E-state index contributed by atoms with van der Waals surface area (Å²) in [6.45, 7) is 11.6. The third-order valence-corrected chi connectivity index (χ3v) is 3.81. The molecule has 0 aromatic carbocycles. The smallest absolute Gasteiger partial charge is 0.243 e. The molecule has 0 radical (unpaired) electrons. The zero-order valence-corrected chi connectivity index (χ0v) is 12.0. The first-order chi connectivity index (χ1) is 7.94. The molecule has 3 heteroatoms. The molecular formula is C14H28N2O. The van der Waals surface area contributed by atoms with E-state index in [1.165, 1.54) is 0 Å². The summed E-state index contributed by atoms with van der Waals surface area (Å²) in [6, 6.07) is 0. The first-order valence-corrected chi connectivity index (χ1v) is 7.03. The molecule has 1 N–H and O–H groups in total. The zero-order valence-electron chi connectivity index (χ0n) is 12.0. The largest absolute Gasteiger partial charge is 0.326 e. The lowest BCUT2D eigenvalue weighted by molar-refractivity contribution is -0.133. The number of carbonyl (C=O) groups is 1. The van der Waals surface area contributed by atoms with E-state index >= 15 is 0 Å². The standard InChI is InChI=1S/C14H28N2O/c1-6-8-12-15-14(5,7-2)13(17)16(12)10-9-11(3)4/h11-12,15H,6-10H2,1-5H3. The van der Waals surface area contributed by atoms with Gasteiger partial charge in [-0.2, -0.15) is 0 Å². The van der Waals surface area contributed by atoms with E-state index in [9.17, 15) is 4.79 Å². The van der Waals surface area contributed by atoms with Gasteiger partial charge in [0, 0.05) is 6.54 Å². The Hall–Kier alpha value is -0.570. The van der Waals surface area contributed by atoms with Gasteiger partial charge in [-0.15, -0.1) is 0 Å². The van der Waals surface area contributed by atoms with Crippen molar-refractivity contribution >= 4 is 5.91 Å². The maximum Gasteiger partial charge on any atom is 0.243 e. The SMILES string of the molecule is CCCC1NC(C)(CC)C(=O)N1CCC(C)C. The summed E-state index contributed by atoms with van der Waals surface area (Å²) in [4.78, 5) is 14.5. The van der Waals surface area contributed by atoms with Crippen molar-refractivity contribution in [1.82, 2.24) is 10.2 Å². The highest BCUT2D eigenvalue weighted by atomic mass is 16.2. The maximum absolute atomic E-state index is 12.4. The average molecular weight is 240 g/mol. The van der Waals surface area contributed by atoms with Gasteiger partial charge in [0.2, 0.25) is 5.91 Å². The number of hydrogen-bond acceptors (Lipinski definition) is 2. The molecule has 2 atom stereocenters. The van der Waals surface area contributed by atoms with Crippen molar-refractivity contribution in [1.29, 1.82) is 0 Å². The van der Waals surface area contributed by atoms with Crippen molar-refractivity contribution < 1.29 is 4.79 Å². The van der Waals surface area contributed by atoms with Crippen LogP contribution in [0.15, 0.2) is 0 Å². The lowest BCUT2D eigenvalue weighted by Gasteiger charge is -2.24. The van der Waals surface area contributed by atoms with Crippen molar-refractivity contribution in [2.75, 3.05) is 6.54 Å². The zero-order chi connectivity index (χ0) is 13.1. The number of carbonyl (C=O) groups excluding carboxylic acids is 1. The monoisotopic (exact) mass is 240 g/mol. The van der Waals surface area contributed by atoms with E-state index in [1.807, 2.05) is 6.92 Å². The second-order valence-electron chi connectivity index (χ2n) is 5.82. The van der Waals surface area contributed by atoms with Crippen molar-refractivity contribution in [3.63, 3.8) is 0 Å². The summed E-state index contributed by atoms with van der Waals surface area (Å²) in [5.74, 6) is 0.942. The first kappa shape index (κ1) is 14.5. The Morgan fingerprint density at radius 1 is 1.41 bits per heavy atom. The van der Waals surface area contributed by atoms with Crippen LogP contribution in [0.5, 0.6) is 0 Å². The van der Waals surface area contributed by atoms with Crippen molar-refractivity contribution in [2.45, 2.75) is 72.0 Å². The van der Waals surface area contributed by atoms with Crippen LogP contribution >= 0.6 is 0 Å². The molecule has 17 heavy (non-hydrogen) atoms. The van der Waals surface area contributed by atoms with E-state index in [1.54, 1.807) is 0 Å². The fourth-order valence-corrected chi connectivity index (χ4v) is 2.38. The molecule has 0 aromatic rings. The second-order valence-corrected chi connectivity index (χ2v) is 5.82. The Balaban J connectivity index is 2.72. The van der Waals surface area contributed by atoms with Gasteiger partial charge in [-0.1, -0.05) is 34.1 Å². The fourth-order valence-electron chi connectivity index (χ4n) is 2.38. The minimum absolute atomic E-state index is 0.246. The highest BCUT2D eigenvalue weighted by Gasteiger charge is 2.45. The van der Waals surface area contributed by atoms with Crippen molar-refractivity contribution in [3.05, 3.63) is 0 Å². The van der Waals surface area contributed by atoms with Crippen LogP contribution in [-0.4, -0.2) is 29.1 Å². The van der Waals surface area contributed by atoms with Crippen LogP contribution in [0.4, 0.5) is 0 Å².